The van der Waals surface area contributed by atoms with Crippen molar-refractivity contribution in [1.82, 2.24) is 15.5 Å². The van der Waals surface area contributed by atoms with E-state index in [1.54, 1.807) is 49.4 Å². The molecule has 0 spiro atoms. The first-order valence-electron chi connectivity index (χ1n) is 8.56. The molecule has 27 heavy (non-hydrogen) atoms. The summed E-state index contributed by atoms with van der Waals surface area (Å²) in [6.07, 6.45) is 0. The number of urea groups is 1. The van der Waals surface area contributed by atoms with Crippen LogP contribution in [0.1, 0.15) is 31.0 Å². The van der Waals surface area contributed by atoms with E-state index >= 15 is 0 Å². The largest absolute Gasteiger partial charge is 0.348 e. The van der Waals surface area contributed by atoms with Crippen LogP contribution in [0.4, 0.5) is 4.79 Å². The maximum Gasteiger partial charge on any atom is 0.325 e. The van der Waals surface area contributed by atoms with Gasteiger partial charge >= 0.3 is 6.03 Å². The van der Waals surface area contributed by atoms with Gasteiger partial charge in [0.2, 0.25) is 5.91 Å². The van der Waals surface area contributed by atoms with Crippen LogP contribution in [-0.2, 0) is 15.1 Å². The van der Waals surface area contributed by atoms with Gasteiger partial charge in [0.05, 0.1) is 6.04 Å². The molecule has 0 radical (unpaired) electrons. The van der Waals surface area contributed by atoms with Crippen molar-refractivity contribution in [1.29, 1.82) is 0 Å². The van der Waals surface area contributed by atoms with Crippen LogP contribution in [0.3, 0.4) is 0 Å². The molecule has 1 aliphatic rings. The zero-order valence-electron chi connectivity index (χ0n) is 15.0. The third-order valence-corrected chi connectivity index (χ3v) is 4.89. The Morgan fingerprint density at radius 1 is 1.19 bits per heavy atom. The maximum atomic E-state index is 12.8. The van der Waals surface area contributed by atoms with E-state index in [1.165, 1.54) is 0 Å². The Morgan fingerprint density at radius 2 is 1.89 bits per heavy atom. The summed E-state index contributed by atoms with van der Waals surface area (Å²) < 4.78 is 0. The van der Waals surface area contributed by atoms with Crippen LogP contribution < -0.4 is 10.6 Å². The molecule has 140 valence electrons. The van der Waals surface area contributed by atoms with Gasteiger partial charge in [-0.2, -0.15) is 0 Å². The van der Waals surface area contributed by atoms with Crippen LogP contribution >= 0.6 is 11.6 Å². The second kappa shape index (κ2) is 7.40. The first kappa shape index (κ1) is 18.9. The Morgan fingerprint density at radius 3 is 2.56 bits per heavy atom. The number of nitrogens with zero attached hydrogens (tertiary/aromatic N) is 1. The van der Waals surface area contributed by atoms with E-state index in [2.05, 4.69) is 10.6 Å². The Hall–Kier alpha value is -2.86. The highest BCUT2D eigenvalue weighted by molar-refractivity contribution is 6.30. The van der Waals surface area contributed by atoms with E-state index in [-0.39, 0.29) is 12.6 Å². The molecular formula is C20H20ClN3O3. The normalized spacial score (nSPS) is 20.3. The van der Waals surface area contributed by atoms with Gasteiger partial charge in [-0.05, 0) is 37.1 Å². The minimum atomic E-state index is -1.18. The quantitative estimate of drug-likeness (QED) is 0.776. The summed E-state index contributed by atoms with van der Waals surface area (Å²) in [5.41, 5.74) is 0.317. The van der Waals surface area contributed by atoms with Gasteiger partial charge in [-0.25, -0.2) is 4.79 Å². The average Bonchev–Trinajstić information content (AvgIpc) is 2.86. The van der Waals surface area contributed by atoms with Gasteiger partial charge < -0.3 is 10.6 Å². The number of hydrogen-bond acceptors (Lipinski definition) is 3. The predicted octanol–water partition coefficient (Wildman–Crippen LogP) is 2.98. The van der Waals surface area contributed by atoms with Gasteiger partial charge in [-0.15, -0.1) is 0 Å². The molecular weight excluding hydrogens is 366 g/mol. The number of amides is 4. The van der Waals surface area contributed by atoms with Crippen molar-refractivity contribution < 1.29 is 14.4 Å². The molecule has 6 nitrogen and oxygen atoms in total. The standard InChI is InChI=1S/C20H20ClN3O3/c1-13(14-7-6-10-16(21)11-14)22-17(25)12-24-18(26)20(2,23-19(24)27)15-8-4-3-5-9-15/h3-11,13H,12H2,1-2H3,(H,22,25)(H,23,27)/t13-,20+/m1/s1. The monoisotopic (exact) mass is 385 g/mol. The van der Waals surface area contributed by atoms with E-state index in [0.29, 0.717) is 10.6 Å². The lowest BCUT2D eigenvalue weighted by molar-refractivity contribution is -0.135. The van der Waals surface area contributed by atoms with Crippen LogP contribution in [0.15, 0.2) is 54.6 Å². The number of carbonyl (C=O) groups is 3. The molecule has 7 heteroatoms. The van der Waals surface area contributed by atoms with E-state index in [4.69, 9.17) is 11.6 Å². The number of halogens is 1. The lowest BCUT2D eigenvalue weighted by Gasteiger charge is -2.22. The van der Waals surface area contributed by atoms with Crippen molar-refractivity contribution in [3.05, 3.63) is 70.7 Å². The molecule has 1 fully saturated rings. The van der Waals surface area contributed by atoms with Crippen LogP contribution in [0.2, 0.25) is 5.02 Å². The second-order valence-corrected chi connectivity index (χ2v) is 7.09. The Labute approximate surface area is 162 Å². The summed E-state index contributed by atoms with van der Waals surface area (Å²) in [6.45, 7) is 3.09. The number of rotatable bonds is 5. The highest BCUT2D eigenvalue weighted by Gasteiger charge is 2.49. The summed E-state index contributed by atoms with van der Waals surface area (Å²) in [7, 11) is 0. The van der Waals surface area contributed by atoms with E-state index in [9.17, 15) is 14.4 Å². The summed E-state index contributed by atoms with van der Waals surface area (Å²) >= 11 is 5.97. The Kier molecular flexibility index (Phi) is 5.19. The first-order valence-corrected chi connectivity index (χ1v) is 8.93. The topological polar surface area (TPSA) is 78.5 Å². The van der Waals surface area contributed by atoms with Gasteiger partial charge in [-0.3, -0.25) is 14.5 Å². The molecule has 2 atom stereocenters. The van der Waals surface area contributed by atoms with Crippen molar-refractivity contribution in [3.63, 3.8) is 0 Å². The third-order valence-electron chi connectivity index (χ3n) is 4.65. The highest BCUT2D eigenvalue weighted by atomic mass is 35.5. The van der Waals surface area contributed by atoms with Gasteiger partial charge in [0.15, 0.2) is 0 Å². The zero-order chi connectivity index (χ0) is 19.6. The van der Waals surface area contributed by atoms with Crippen molar-refractivity contribution in [3.8, 4) is 0 Å². The number of hydrogen-bond donors (Lipinski definition) is 2. The number of nitrogens with one attached hydrogen (secondary N) is 2. The van der Waals surface area contributed by atoms with Crippen molar-refractivity contribution in [2.24, 2.45) is 0 Å². The number of benzene rings is 2. The van der Waals surface area contributed by atoms with Crippen LogP contribution in [0.25, 0.3) is 0 Å². The molecule has 2 aromatic carbocycles. The second-order valence-electron chi connectivity index (χ2n) is 6.66. The molecule has 0 unspecified atom stereocenters. The summed E-state index contributed by atoms with van der Waals surface area (Å²) in [6, 6.07) is 15.2. The Bertz CT molecular complexity index is 887. The summed E-state index contributed by atoms with van der Waals surface area (Å²) in [5, 5.41) is 6.04. The van der Waals surface area contributed by atoms with Gasteiger partial charge in [0.25, 0.3) is 5.91 Å². The minimum absolute atomic E-state index is 0.308. The minimum Gasteiger partial charge on any atom is -0.348 e. The SMILES string of the molecule is C[C@@H](NC(=O)CN1C(=O)N[C@@](C)(c2ccccc2)C1=O)c1cccc(Cl)c1. The molecule has 0 aliphatic carbocycles. The fourth-order valence-electron chi connectivity index (χ4n) is 3.10. The molecule has 0 aromatic heterocycles. The van der Waals surface area contributed by atoms with Gasteiger partial charge in [-0.1, -0.05) is 54.1 Å². The van der Waals surface area contributed by atoms with Crippen LogP contribution in [0.5, 0.6) is 0 Å². The van der Waals surface area contributed by atoms with E-state index < -0.39 is 23.4 Å². The summed E-state index contributed by atoms with van der Waals surface area (Å²) in [5.74, 6) is -0.882. The maximum absolute atomic E-state index is 12.8. The zero-order valence-corrected chi connectivity index (χ0v) is 15.8. The molecule has 0 bridgehead atoms. The predicted molar refractivity (Wildman–Crippen MR) is 102 cm³/mol. The lowest BCUT2D eigenvalue weighted by atomic mass is 9.92. The fraction of sp³-hybridized carbons (Fsp3) is 0.250. The van der Waals surface area contributed by atoms with Crippen molar-refractivity contribution >= 4 is 29.4 Å². The van der Waals surface area contributed by atoms with E-state index in [1.807, 2.05) is 19.1 Å². The third kappa shape index (κ3) is 3.80. The Balaban J connectivity index is 1.69. The fourth-order valence-corrected chi connectivity index (χ4v) is 3.30. The van der Waals surface area contributed by atoms with Gasteiger partial charge in [0.1, 0.15) is 12.1 Å². The van der Waals surface area contributed by atoms with E-state index in [0.717, 1.165) is 10.5 Å². The molecule has 1 saturated heterocycles. The molecule has 2 aromatic rings. The molecule has 0 saturated carbocycles. The highest BCUT2D eigenvalue weighted by Crippen LogP contribution is 2.28. The lowest BCUT2D eigenvalue weighted by Crippen LogP contribution is -2.43. The van der Waals surface area contributed by atoms with Crippen LogP contribution in [-0.4, -0.2) is 29.3 Å². The number of carbonyl (C=O) groups excluding carboxylic acids is 3. The van der Waals surface area contributed by atoms with Crippen molar-refractivity contribution in [2.75, 3.05) is 6.54 Å². The summed E-state index contributed by atoms with van der Waals surface area (Å²) in [4.78, 5) is 38.5. The molecule has 2 N–H and O–H groups in total. The first-order chi connectivity index (χ1) is 12.8. The smallest absolute Gasteiger partial charge is 0.325 e. The van der Waals surface area contributed by atoms with Crippen molar-refractivity contribution in [2.45, 2.75) is 25.4 Å². The van der Waals surface area contributed by atoms with Gasteiger partial charge in [0, 0.05) is 5.02 Å². The molecule has 3 rings (SSSR count). The molecule has 4 amide bonds. The average molecular weight is 386 g/mol. The molecule has 1 aliphatic heterocycles. The van der Waals surface area contributed by atoms with Crippen LogP contribution in [0, 0.1) is 0 Å². The number of imide groups is 1. The molecule has 1 heterocycles.